The van der Waals surface area contributed by atoms with Crippen molar-refractivity contribution in [2.24, 2.45) is 0 Å². The summed E-state index contributed by atoms with van der Waals surface area (Å²) in [7, 11) is 1.30. The second kappa shape index (κ2) is 6.27. The summed E-state index contributed by atoms with van der Waals surface area (Å²) in [5.41, 5.74) is 0.953. The van der Waals surface area contributed by atoms with Gasteiger partial charge >= 0.3 is 5.97 Å². The zero-order valence-corrected chi connectivity index (χ0v) is 12.8. The van der Waals surface area contributed by atoms with Crippen LogP contribution in [0, 0.1) is 0 Å². The van der Waals surface area contributed by atoms with Crippen molar-refractivity contribution in [3.05, 3.63) is 46.6 Å². The van der Waals surface area contributed by atoms with E-state index in [0.29, 0.717) is 24.1 Å². The molecular formula is C15H15ClN4O2. The molecule has 0 spiro atoms. The van der Waals surface area contributed by atoms with E-state index in [0.717, 1.165) is 18.5 Å². The molecule has 2 aromatic heterocycles. The van der Waals surface area contributed by atoms with Gasteiger partial charge in [0.05, 0.1) is 19.3 Å². The predicted octanol–water partition coefficient (Wildman–Crippen LogP) is 2.80. The zero-order valence-electron chi connectivity index (χ0n) is 12.0. The van der Waals surface area contributed by atoms with Gasteiger partial charge in [0, 0.05) is 12.1 Å². The number of rotatable bonds is 5. The molecule has 0 radical (unpaired) electrons. The van der Waals surface area contributed by atoms with Crippen LogP contribution in [0.15, 0.2) is 24.4 Å². The van der Waals surface area contributed by atoms with Crippen molar-refractivity contribution in [3.8, 4) is 0 Å². The van der Waals surface area contributed by atoms with Crippen LogP contribution >= 0.6 is 11.6 Å². The molecule has 22 heavy (non-hydrogen) atoms. The molecule has 1 fully saturated rings. The number of methoxy groups -OCH3 is 1. The molecule has 0 saturated heterocycles. The van der Waals surface area contributed by atoms with Gasteiger partial charge in [0.1, 0.15) is 16.7 Å². The van der Waals surface area contributed by atoms with E-state index in [1.807, 2.05) is 18.2 Å². The van der Waals surface area contributed by atoms with Gasteiger partial charge in [-0.1, -0.05) is 17.7 Å². The summed E-state index contributed by atoms with van der Waals surface area (Å²) in [4.78, 5) is 24.7. The normalized spacial score (nSPS) is 13.7. The molecule has 2 aromatic rings. The zero-order chi connectivity index (χ0) is 15.5. The van der Waals surface area contributed by atoms with Crippen molar-refractivity contribution in [2.45, 2.75) is 25.3 Å². The highest BCUT2D eigenvalue weighted by Crippen LogP contribution is 2.39. The fourth-order valence-corrected chi connectivity index (χ4v) is 2.24. The fourth-order valence-electron chi connectivity index (χ4n) is 2.01. The van der Waals surface area contributed by atoms with Gasteiger partial charge in [0.2, 0.25) is 0 Å². The van der Waals surface area contributed by atoms with Gasteiger partial charge in [0.15, 0.2) is 5.69 Å². The molecule has 1 aliphatic rings. The Kier molecular flexibility index (Phi) is 4.20. The van der Waals surface area contributed by atoms with Gasteiger partial charge < -0.3 is 10.1 Å². The Morgan fingerprint density at radius 2 is 2.23 bits per heavy atom. The third-order valence-electron chi connectivity index (χ3n) is 3.35. The molecule has 0 aliphatic heterocycles. The fraction of sp³-hybridized carbons (Fsp3) is 0.333. The van der Waals surface area contributed by atoms with Crippen LogP contribution in [-0.4, -0.2) is 28.0 Å². The average Bonchev–Trinajstić information content (AvgIpc) is 3.39. The first kappa shape index (κ1) is 14.7. The summed E-state index contributed by atoms with van der Waals surface area (Å²) in [6, 6.07) is 5.65. The molecule has 1 N–H and O–H groups in total. The van der Waals surface area contributed by atoms with Gasteiger partial charge in [0.25, 0.3) is 0 Å². The van der Waals surface area contributed by atoms with Crippen molar-refractivity contribution < 1.29 is 9.53 Å². The van der Waals surface area contributed by atoms with Crippen molar-refractivity contribution in [1.82, 2.24) is 15.0 Å². The Hall–Kier alpha value is -2.21. The second-order valence-electron chi connectivity index (χ2n) is 5.03. The molecule has 2 heterocycles. The van der Waals surface area contributed by atoms with Crippen LogP contribution in [0.1, 0.15) is 40.8 Å². The maximum atomic E-state index is 11.8. The van der Waals surface area contributed by atoms with Crippen LogP contribution in [0.4, 0.5) is 5.82 Å². The molecule has 0 unspecified atom stereocenters. The third-order valence-corrected chi connectivity index (χ3v) is 3.71. The Bertz CT molecular complexity index is 689. The molecular weight excluding hydrogens is 304 g/mol. The number of pyridine rings is 1. The smallest absolute Gasteiger partial charge is 0.358 e. The number of aromatic nitrogens is 3. The maximum absolute atomic E-state index is 11.8. The number of nitrogens with one attached hydrogen (secondary N) is 1. The largest absolute Gasteiger partial charge is 0.464 e. The van der Waals surface area contributed by atoms with Crippen LogP contribution in [0.3, 0.4) is 0 Å². The van der Waals surface area contributed by atoms with E-state index in [1.165, 1.54) is 7.11 Å². The highest BCUT2D eigenvalue weighted by Gasteiger charge is 2.30. The summed E-state index contributed by atoms with van der Waals surface area (Å²) >= 11 is 6.24. The second-order valence-corrected chi connectivity index (χ2v) is 5.41. The lowest BCUT2D eigenvalue weighted by molar-refractivity contribution is 0.0593. The van der Waals surface area contributed by atoms with Gasteiger partial charge in [-0.3, -0.25) is 4.98 Å². The Morgan fingerprint density at radius 1 is 1.41 bits per heavy atom. The maximum Gasteiger partial charge on any atom is 0.358 e. The lowest BCUT2D eigenvalue weighted by Gasteiger charge is -2.11. The van der Waals surface area contributed by atoms with Crippen molar-refractivity contribution in [1.29, 1.82) is 0 Å². The standard InChI is InChI=1S/C15H15ClN4O2/c1-22-15(21)12-11(16)14(20-13(19-12)9-5-6-9)18-8-10-4-2-3-7-17-10/h2-4,7,9H,5-6,8H2,1H3,(H,18,19,20). The number of esters is 1. The van der Waals surface area contributed by atoms with Gasteiger partial charge in [-0.05, 0) is 25.0 Å². The number of hydrogen-bond acceptors (Lipinski definition) is 6. The van der Waals surface area contributed by atoms with Crippen molar-refractivity contribution in [3.63, 3.8) is 0 Å². The molecule has 6 nitrogen and oxygen atoms in total. The summed E-state index contributed by atoms with van der Waals surface area (Å²) in [5.74, 6) is 0.809. The Labute approximate surface area is 132 Å². The highest BCUT2D eigenvalue weighted by molar-refractivity contribution is 6.35. The van der Waals surface area contributed by atoms with E-state index in [1.54, 1.807) is 6.20 Å². The monoisotopic (exact) mass is 318 g/mol. The first-order chi connectivity index (χ1) is 10.7. The molecule has 0 atom stereocenters. The lowest BCUT2D eigenvalue weighted by Crippen LogP contribution is -2.12. The minimum Gasteiger partial charge on any atom is -0.464 e. The summed E-state index contributed by atoms with van der Waals surface area (Å²) in [6.45, 7) is 0.461. The van der Waals surface area contributed by atoms with Crippen LogP contribution in [0.25, 0.3) is 0 Å². The first-order valence-corrected chi connectivity index (χ1v) is 7.36. The van der Waals surface area contributed by atoms with E-state index in [9.17, 15) is 4.79 Å². The number of carbonyl (C=O) groups excluding carboxylic acids is 1. The summed E-state index contributed by atoms with van der Waals surface area (Å²) < 4.78 is 4.74. The predicted molar refractivity (Wildman–Crippen MR) is 81.9 cm³/mol. The average molecular weight is 319 g/mol. The molecule has 1 saturated carbocycles. The first-order valence-electron chi connectivity index (χ1n) is 6.98. The molecule has 3 rings (SSSR count). The SMILES string of the molecule is COC(=O)c1nc(C2CC2)nc(NCc2ccccn2)c1Cl. The van der Waals surface area contributed by atoms with E-state index in [2.05, 4.69) is 20.3 Å². The molecule has 7 heteroatoms. The quantitative estimate of drug-likeness (QED) is 0.854. The minimum absolute atomic E-state index is 0.101. The number of ether oxygens (including phenoxy) is 1. The van der Waals surface area contributed by atoms with Crippen molar-refractivity contribution in [2.75, 3.05) is 12.4 Å². The van der Waals surface area contributed by atoms with Crippen molar-refractivity contribution >= 4 is 23.4 Å². The van der Waals surface area contributed by atoms with Crippen LogP contribution in [0.5, 0.6) is 0 Å². The van der Waals surface area contributed by atoms with E-state index < -0.39 is 5.97 Å². The summed E-state index contributed by atoms with van der Waals surface area (Å²) in [5, 5.41) is 3.29. The Balaban J connectivity index is 1.88. The number of halogens is 1. The number of nitrogens with zero attached hydrogens (tertiary/aromatic N) is 3. The van der Waals surface area contributed by atoms with Crippen LogP contribution in [0.2, 0.25) is 5.02 Å². The van der Waals surface area contributed by atoms with Gasteiger partial charge in [-0.2, -0.15) is 0 Å². The minimum atomic E-state index is -0.560. The summed E-state index contributed by atoms with van der Waals surface area (Å²) in [6.07, 6.45) is 3.78. The molecule has 1 aliphatic carbocycles. The number of hydrogen-bond donors (Lipinski definition) is 1. The molecule has 0 aromatic carbocycles. The molecule has 114 valence electrons. The topological polar surface area (TPSA) is 77.0 Å². The van der Waals surface area contributed by atoms with E-state index in [4.69, 9.17) is 16.3 Å². The highest BCUT2D eigenvalue weighted by atomic mass is 35.5. The third kappa shape index (κ3) is 3.17. The van der Waals surface area contributed by atoms with Crippen LogP contribution in [-0.2, 0) is 11.3 Å². The van der Waals surface area contributed by atoms with E-state index in [-0.39, 0.29) is 10.7 Å². The van der Waals surface area contributed by atoms with Gasteiger partial charge in [-0.25, -0.2) is 14.8 Å². The number of carbonyl (C=O) groups is 1. The molecule has 0 amide bonds. The van der Waals surface area contributed by atoms with Crippen LogP contribution < -0.4 is 5.32 Å². The van der Waals surface area contributed by atoms with Gasteiger partial charge in [-0.15, -0.1) is 0 Å². The Morgan fingerprint density at radius 3 is 2.86 bits per heavy atom. The molecule has 0 bridgehead atoms. The number of anilines is 1. The lowest BCUT2D eigenvalue weighted by atomic mass is 10.3. The van der Waals surface area contributed by atoms with E-state index >= 15 is 0 Å².